The highest BCUT2D eigenvalue weighted by Gasteiger charge is 2.21. The molecule has 0 aromatic heterocycles. The van der Waals surface area contributed by atoms with E-state index in [1.165, 1.54) is 18.5 Å². The van der Waals surface area contributed by atoms with Gasteiger partial charge >= 0.3 is 0 Å². The molecule has 1 heterocycles. The molecule has 100 valence electrons. The predicted octanol–water partition coefficient (Wildman–Crippen LogP) is 3.61. The SMILES string of the molecule is CC(C)C1CCN(c2ccc([C@H](C)O)cc2)CC1. The van der Waals surface area contributed by atoms with Crippen molar-refractivity contribution in [2.75, 3.05) is 18.0 Å². The van der Waals surface area contributed by atoms with Crippen molar-refractivity contribution in [3.8, 4) is 0 Å². The molecule has 1 aromatic carbocycles. The van der Waals surface area contributed by atoms with Gasteiger partial charge in [0.1, 0.15) is 0 Å². The second-order valence-electron chi connectivity index (χ2n) is 5.84. The van der Waals surface area contributed by atoms with E-state index >= 15 is 0 Å². The summed E-state index contributed by atoms with van der Waals surface area (Å²) < 4.78 is 0. The highest BCUT2D eigenvalue weighted by Crippen LogP contribution is 2.28. The van der Waals surface area contributed by atoms with Crippen LogP contribution < -0.4 is 4.90 Å². The van der Waals surface area contributed by atoms with Crippen molar-refractivity contribution < 1.29 is 5.11 Å². The summed E-state index contributed by atoms with van der Waals surface area (Å²) in [6, 6.07) is 8.35. The van der Waals surface area contributed by atoms with Crippen LogP contribution in [0.25, 0.3) is 0 Å². The molecule has 0 radical (unpaired) electrons. The molecule has 2 rings (SSSR count). The van der Waals surface area contributed by atoms with E-state index in [1.54, 1.807) is 0 Å². The summed E-state index contributed by atoms with van der Waals surface area (Å²) in [5, 5.41) is 9.51. The zero-order valence-corrected chi connectivity index (χ0v) is 11.8. The number of aliphatic hydroxyl groups is 1. The smallest absolute Gasteiger partial charge is 0.0761 e. The molecule has 1 aliphatic rings. The minimum atomic E-state index is -0.370. The average molecular weight is 247 g/mol. The first kappa shape index (κ1) is 13.4. The van der Waals surface area contributed by atoms with Crippen molar-refractivity contribution in [3.63, 3.8) is 0 Å². The lowest BCUT2D eigenvalue weighted by Crippen LogP contribution is -2.35. The first-order chi connectivity index (χ1) is 8.58. The van der Waals surface area contributed by atoms with Crippen LogP contribution in [0.3, 0.4) is 0 Å². The zero-order valence-electron chi connectivity index (χ0n) is 11.8. The van der Waals surface area contributed by atoms with Crippen LogP contribution in [0, 0.1) is 11.8 Å². The molecular formula is C16H25NO. The van der Waals surface area contributed by atoms with Crippen LogP contribution >= 0.6 is 0 Å². The molecule has 0 bridgehead atoms. The molecule has 1 aliphatic heterocycles. The lowest BCUT2D eigenvalue weighted by atomic mass is 9.86. The lowest BCUT2D eigenvalue weighted by molar-refractivity contribution is 0.199. The standard InChI is InChI=1S/C16H25NO/c1-12(2)14-8-10-17(11-9-14)16-6-4-15(5-7-16)13(3)18/h4-7,12-14,18H,8-11H2,1-3H3/t13-/m0/s1. The van der Waals surface area contributed by atoms with Gasteiger partial charge in [-0.25, -0.2) is 0 Å². The number of piperidine rings is 1. The fraction of sp³-hybridized carbons (Fsp3) is 0.625. The van der Waals surface area contributed by atoms with Gasteiger partial charge in [0.15, 0.2) is 0 Å². The molecule has 2 nitrogen and oxygen atoms in total. The highest BCUT2D eigenvalue weighted by molar-refractivity contribution is 5.48. The molecular weight excluding hydrogens is 222 g/mol. The molecule has 0 saturated carbocycles. The average Bonchev–Trinajstić information content (AvgIpc) is 2.39. The van der Waals surface area contributed by atoms with E-state index in [9.17, 15) is 5.11 Å². The van der Waals surface area contributed by atoms with Gasteiger partial charge in [-0.1, -0.05) is 26.0 Å². The van der Waals surface area contributed by atoms with E-state index in [0.29, 0.717) is 0 Å². The Kier molecular flexibility index (Phi) is 4.28. The first-order valence-electron chi connectivity index (χ1n) is 7.11. The van der Waals surface area contributed by atoms with E-state index < -0.39 is 0 Å². The maximum Gasteiger partial charge on any atom is 0.0761 e. The van der Waals surface area contributed by atoms with Gasteiger partial charge in [-0.15, -0.1) is 0 Å². The molecule has 2 heteroatoms. The number of rotatable bonds is 3. The Labute approximate surface area is 111 Å². The van der Waals surface area contributed by atoms with Crippen molar-refractivity contribution >= 4 is 5.69 Å². The van der Waals surface area contributed by atoms with Crippen LogP contribution in [0.1, 0.15) is 45.3 Å². The second-order valence-corrected chi connectivity index (χ2v) is 5.84. The summed E-state index contributed by atoms with van der Waals surface area (Å²) in [6.45, 7) is 8.80. The number of hydrogen-bond donors (Lipinski definition) is 1. The van der Waals surface area contributed by atoms with E-state index in [2.05, 4.69) is 30.9 Å². The van der Waals surface area contributed by atoms with Gasteiger partial charge in [0.25, 0.3) is 0 Å². The van der Waals surface area contributed by atoms with Gasteiger partial charge in [-0.2, -0.15) is 0 Å². The fourth-order valence-corrected chi connectivity index (χ4v) is 2.79. The van der Waals surface area contributed by atoms with Crippen molar-refractivity contribution in [2.45, 2.75) is 39.7 Å². The largest absolute Gasteiger partial charge is 0.389 e. The van der Waals surface area contributed by atoms with Crippen LogP contribution in [-0.2, 0) is 0 Å². The molecule has 0 spiro atoms. The zero-order chi connectivity index (χ0) is 13.1. The topological polar surface area (TPSA) is 23.5 Å². The molecule has 0 amide bonds. The van der Waals surface area contributed by atoms with Gasteiger partial charge in [0.2, 0.25) is 0 Å². The van der Waals surface area contributed by atoms with E-state index in [1.807, 2.05) is 19.1 Å². The first-order valence-corrected chi connectivity index (χ1v) is 7.11. The Balaban J connectivity index is 1.97. The summed E-state index contributed by atoms with van der Waals surface area (Å²) in [4.78, 5) is 2.46. The Morgan fingerprint density at radius 3 is 2.06 bits per heavy atom. The summed E-state index contributed by atoms with van der Waals surface area (Å²) in [6.07, 6.45) is 2.23. The van der Waals surface area contributed by atoms with Gasteiger partial charge in [0.05, 0.1) is 6.10 Å². The van der Waals surface area contributed by atoms with E-state index in [0.717, 1.165) is 30.5 Å². The molecule has 1 saturated heterocycles. The fourth-order valence-electron chi connectivity index (χ4n) is 2.79. The summed E-state index contributed by atoms with van der Waals surface area (Å²) in [7, 11) is 0. The summed E-state index contributed by atoms with van der Waals surface area (Å²) in [5.74, 6) is 1.70. The minimum absolute atomic E-state index is 0.370. The van der Waals surface area contributed by atoms with Crippen LogP contribution in [0.2, 0.25) is 0 Å². The van der Waals surface area contributed by atoms with Crippen molar-refractivity contribution in [1.82, 2.24) is 0 Å². The third-order valence-corrected chi connectivity index (χ3v) is 4.22. The summed E-state index contributed by atoms with van der Waals surface area (Å²) in [5.41, 5.74) is 2.29. The number of anilines is 1. The van der Waals surface area contributed by atoms with Crippen molar-refractivity contribution in [3.05, 3.63) is 29.8 Å². The summed E-state index contributed by atoms with van der Waals surface area (Å²) >= 11 is 0. The van der Waals surface area contributed by atoms with Crippen molar-refractivity contribution in [2.24, 2.45) is 11.8 Å². The molecule has 0 unspecified atom stereocenters. The van der Waals surface area contributed by atoms with Gasteiger partial charge in [-0.05, 0) is 49.3 Å². The molecule has 18 heavy (non-hydrogen) atoms. The van der Waals surface area contributed by atoms with E-state index in [-0.39, 0.29) is 6.10 Å². The number of hydrogen-bond acceptors (Lipinski definition) is 2. The maximum absolute atomic E-state index is 9.51. The van der Waals surface area contributed by atoms with Gasteiger partial charge in [-0.3, -0.25) is 0 Å². The van der Waals surface area contributed by atoms with Crippen LogP contribution in [0.4, 0.5) is 5.69 Å². The molecule has 0 aliphatic carbocycles. The monoisotopic (exact) mass is 247 g/mol. The van der Waals surface area contributed by atoms with Crippen LogP contribution in [0.15, 0.2) is 24.3 Å². The minimum Gasteiger partial charge on any atom is -0.389 e. The van der Waals surface area contributed by atoms with Crippen LogP contribution in [-0.4, -0.2) is 18.2 Å². The number of nitrogens with zero attached hydrogens (tertiary/aromatic N) is 1. The predicted molar refractivity (Wildman–Crippen MR) is 76.9 cm³/mol. The van der Waals surface area contributed by atoms with Crippen molar-refractivity contribution in [1.29, 1.82) is 0 Å². The van der Waals surface area contributed by atoms with Gasteiger partial charge in [0, 0.05) is 18.8 Å². The normalized spacial score (nSPS) is 19.3. The second kappa shape index (κ2) is 5.75. The Hall–Kier alpha value is -1.02. The third kappa shape index (κ3) is 3.05. The Morgan fingerprint density at radius 2 is 1.61 bits per heavy atom. The highest BCUT2D eigenvalue weighted by atomic mass is 16.3. The van der Waals surface area contributed by atoms with E-state index in [4.69, 9.17) is 0 Å². The van der Waals surface area contributed by atoms with Crippen LogP contribution in [0.5, 0.6) is 0 Å². The Bertz CT molecular complexity index is 361. The molecule has 1 N–H and O–H groups in total. The maximum atomic E-state index is 9.51. The Morgan fingerprint density at radius 1 is 1.06 bits per heavy atom. The lowest BCUT2D eigenvalue weighted by Gasteiger charge is -2.35. The molecule has 1 fully saturated rings. The quantitative estimate of drug-likeness (QED) is 0.882. The third-order valence-electron chi connectivity index (χ3n) is 4.22. The number of benzene rings is 1. The number of aliphatic hydroxyl groups excluding tert-OH is 1. The molecule has 1 atom stereocenters. The molecule has 1 aromatic rings. The van der Waals surface area contributed by atoms with Gasteiger partial charge < -0.3 is 10.0 Å².